The Morgan fingerprint density at radius 2 is 2.20 bits per heavy atom. The molecule has 0 aliphatic heterocycles. The second-order valence-electron chi connectivity index (χ2n) is 1.50. The van der Waals surface area contributed by atoms with Gasteiger partial charge in [0.2, 0.25) is 0 Å². The summed E-state index contributed by atoms with van der Waals surface area (Å²) >= 11 is 0. The van der Waals surface area contributed by atoms with E-state index in [0.717, 1.165) is 0 Å². The highest BCUT2D eigenvalue weighted by Crippen LogP contribution is 2.07. The zero-order valence-electron chi connectivity index (χ0n) is 5.96. The van der Waals surface area contributed by atoms with Crippen molar-refractivity contribution >= 4 is 19.9 Å². The molecule has 6 heteroatoms. The molecule has 0 unspecified atom stereocenters. The Hall–Kier alpha value is 0.220. The molecule has 0 aromatic carbocycles. The van der Waals surface area contributed by atoms with E-state index < -0.39 is 9.15 Å². The normalized spacial score (nSPS) is 11.8. The fourth-order valence-corrected chi connectivity index (χ4v) is 1.17. The third-order valence-corrected chi connectivity index (χ3v) is 3.16. The predicted octanol–water partition coefficient (Wildman–Crippen LogP) is -0.170. The average Bonchev–Trinajstić information content (AvgIpc) is 1.89. The van der Waals surface area contributed by atoms with Crippen LogP contribution in [0.25, 0.3) is 0 Å². The highest BCUT2D eigenvalue weighted by molar-refractivity contribution is 8.70. The van der Waals surface area contributed by atoms with Gasteiger partial charge in [0.25, 0.3) is 0 Å². The van der Waals surface area contributed by atoms with E-state index >= 15 is 0 Å². The topological polar surface area (TPSA) is 55.4 Å². The summed E-state index contributed by atoms with van der Waals surface area (Å²) in [5, 5.41) is 2.77. The number of hydrogen-bond acceptors (Lipinski definition) is 5. The van der Waals surface area contributed by atoms with Crippen molar-refractivity contribution in [3.63, 3.8) is 0 Å². The van der Waals surface area contributed by atoms with Crippen LogP contribution in [0.1, 0.15) is 0 Å². The van der Waals surface area contributed by atoms with Gasteiger partial charge < -0.3 is 5.32 Å². The van der Waals surface area contributed by atoms with Gasteiger partial charge >= 0.3 is 9.15 Å². The summed E-state index contributed by atoms with van der Waals surface area (Å²) in [6.45, 7) is 0.736. The van der Waals surface area contributed by atoms with Gasteiger partial charge in [0.05, 0.1) is 6.61 Å². The first-order valence-electron chi connectivity index (χ1n) is 2.72. The number of hydrogen-bond donors (Lipinski definition) is 1. The summed E-state index contributed by atoms with van der Waals surface area (Å²) in [7, 11) is -0.884. The molecule has 4 nitrogen and oxygen atoms in total. The van der Waals surface area contributed by atoms with E-state index in [1.807, 2.05) is 0 Å². The van der Waals surface area contributed by atoms with E-state index in [9.17, 15) is 8.42 Å². The standard InChI is InChI=1S/C4H11NO3S2/c1-5-3-4-8-10(6,7)9-2/h5H,3-4H2,1-2H3. The largest absolute Gasteiger partial charge is 0.321 e. The SMILES string of the molecule is CNCCOS(=O)(=O)SC. The van der Waals surface area contributed by atoms with Gasteiger partial charge in [-0.1, -0.05) is 0 Å². The van der Waals surface area contributed by atoms with Crippen molar-refractivity contribution in [3.05, 3.63) is 0 Å². The molecule has 1 N–H and O–H groups in total. The zero-order chi connectivity index (χ0) is 8.04. The highest BCUT2D eigenvalue weighted by atomic mass is 33.1. The van der Waals surface area contributed by atoms with Gasteiger partial charge in [-0.05, 0) is 24.1 Å². The van der Waals surface area contributed by atoms with Gasteiger partial charge in [-0.3, -0.25) is 4.18 Å². The summed E-state index contributed by atoms with van der Waals surface area (Å²) in [4.78, 5) is 0. The Morgan fingerprint density at radius 1 is 1.60 bits per heavy atom. The van der Waals surface area contributed by atoms with Gasteiger partial charge in [0.1, 0.15) is 0 Å². The summed E-state index contributed by atoms with van der Waals surface area (Å²) in [6, 6.07) is 0. The first-order valence-corrected chi connectivity index (χ1v) is 5.87. The summed E-state index contributed by atoms with van der Waals surface area (Å²) in [6.07, 6.45) is 1.47. The van der Waals surface area contributed by atoms with Crippen LogP contribution in [0.3, 0.4) is 0 Å². The van der Waals surface area contributed by atoms with Crippen LogP contribution >= 0.6 is 10.8 Å². The Kier molecular flexibility index (Phi) is 5.06. The number of nitrogens with one attached hydrogen (secondary N) is 1. The Morgan fingerprint density at radius 3 is 2.60 bits per heavy atom. The monoisotopic (exact) mass is 185 g/mol. The molecule has 0 atom stereocenters. The predicted molar refractivity (Wildman–Crippen MR) is 42.3 cm³/mol. The maximum atomic E-state index is 10.6. The lowest BCUT2D eigenvalue weighted by molar-refractivity contribution is 0.330. The molecule has 10 heavy (non-hydrogen) atoms. The van der Waals surface area contributed by atoms with Crippen LogP contribution in [-0.2, 0) is 13.3 Å². The quantitative estimate of drug-likeness (QED) is 0.476. The number of likely N-dealkylation sites (N-methyl/N-ethyl adjacent to an activating group) is 1. The molecule has 0 bridgehead atoms. The molecule has 0 aliphatic carbocycles. The van der Waals surface area contributed by atoms with Crippen LogP contribution in [-0.4, -0.2) is 34.9 Å². The summed E-state index contributed by atoms with van der Waals surface area (Å²) in [5.74, 6) is 0. The zero-order valence-corrected chi connectivity index (χ0v) is 7.59. The number of rotatable bonds is 5. The van der Waals surface area contributed by atoms with E-state index in [4.69, 9.17) is 0 Å². The van der Waals surface area contributed by atoms with Gasteiger partial charge in [0, 0.05) is 6.54 Å². The van der Waals surface area contributed by atoms with Gasteiger partial charge in [0.15, 0.2) is 0 Å². The van der Waals surface area contributed by atoms with Crippen molar-refractivity contribution in [1.29, 1.82) is 0 Å². The third-order valence-electron chi connectivity index (χ3n) is 0.784. The fourth-order valence-electron chi connectivity index (χ4n) is 0.294. The molecule has 0 aromatic rings. The maximum Gasteiger partial charge on any atom is 0.321 e. The summed E-state index contributed by atoms with van der Waals surface area (Å²) in [5.41, 5.74) is 0. The minimum Gasteiger partial charge on any atom is -0.317 e. The van der Waals surface area contributed by atoms with Crippen molar-refractivity contribution in [2.75, 3.05) is 26.5 Å². The highest BCUT2D eigenvalue weighted by Gasteiger charge is 2.06. The van der Waals surface area contributed by atoms with E-state index in [-0.39, 0.29) is 6.61 Å². The van der Waals surface area contributed by atoms with Crippen LogP contribution < -0.4 is 5.32 Å². The first kappa shape index (κ1) is 10.2. The molecule has 62 valence electrons. The van der Waals surface area contributed by atoms with Crippen molar-refractivity contribution in [2.24, 2.45) is 0 Å². The van der Waals surface area contributed by atoms with Gasteiger partial charge in [-0.25, -0.2) is 0 Å². The first-order chi connectivity index (χ1) is 4.62. The van der Waals surface area contributed by atoms with E-state index in [2.05, 4.69) is 9.50 Å². The molecule has 0 amide bonds. The lowest BCUT2D eigenvalue weighted by atomic mass is 10.7. The maximum absolute atomic E-state index is 10.6. The molecule has 0 aromatic heterocycles. The van der Waals surface area contributed by atoms with E-state index in [1.54, 1.807) is 7.05 Å². The third kappa shape index (κ3) is 5.04. The second-order valence-corrected chi connectivity index (χ2v) is 5.11. The molecule has 0 rings (SSSR count). The molecule has 0 radical (unpaired) electrons. The van der Waals surface area contributed by atoms with Crippen molar-refractivity contribution < 1.29 is 12.6 Å². The van der Waals surface area contributed by atoms with Crippen molar-refractivity contribution in [3.8, 4) is 0 Å². The minimum atomic E-state index is -3.32. The molecule has 0 aliphatic rings. The Balaban J connectivity index is 3.49. The lowest BCUT2D eigenvalue weighted by Crippen LogP contribution is -2.15. The molecule has 0 fully saturated rings. The van der Waals surface area contributed by atoms with Crippen LogP contribution in [0.4, 0.5) is 0 Å². The average molecular weight is 185 g/mol. The Bertz CT molecular complexity index is 165. The second kappa shape index (κ2) is 4.95. The van der Waals surface area contributed by atoms with Gasteiger partial charge in [-0.2, -0.15) is 8.42 Å². The molecule has 0 heterocycles. The smallest absolute Gasteiger partial charge is 0.317 e. The fraction of sp³-hybridized carbons (Fsp3) is 1.00. The summed E-state index contributed by atoms with van der Waals surface area (Å²) < 4.78 is 25.7. The molecular formula is C4H11NO3S2. The van der Waals surface area contributed by atoms with Crippen molar-refractivity contribution in [2.45, 2.75) is 0 Å². The van der Waals surface area contributed by atoms with Crippen LogP contribution in [0.15, 0.2) is 0 Å². The van der Waals surface area contributed by atoms with E-state index in [1.165, 1.54) is 6.26 Å². The van der Waals surface area contributed by atoms with Gasteiger partial charge in [-0.15, -0.1) is 0 Å². The Labute approximate surface area is 64.9 Å². The molecule has 0 saturated carbocycles. The van der Waals surface area contributed by atoms with Crippen LogP contribution in [0.5, 0.6) is 0 Å². The molecule has 0 saturated heterocycles. The molecule has 0 spiro atoms. The minimum absolute atomic E-state index is 0.194. The van der Waals surface area contributed by atoms with E-state index in [0.29, 0.717) is 17.3 Å². The van der Waals surface area contributed by atoms with Crippen LogP contribution in [0, 0.1) is 0 Å². The molecular weight excluding hydrogens is 174 g/mol. The van der Waals surface area contributed by atoms with Crippen LogP contribution in [0.2, 0.25) is 0 Å². The lowest BCUT2D eigenvalue weighted by Gasteiger charge is -2.00. The van der Waals surface area contributed by atoms with Crippen molar-refractivity contribution in [1.82, 2.24) is 5.32 Å².